The van der Waals surface area contributed by atoms with E-state index >= 15 is 0 Å². The van der Waals surface area contributed by atoms with Crippen LogP contribution < -0.4 is 21.1 Å². The number of benzene rings is 1. The molecule has 0 radical (unpaired) electrons. The molecule has 2 aromatic rings. The molecule has 0 aliphatic heterocycles. The molecular weight excluding hydrogens is 280 g/mol. The number of nitrogens with zero attached hydrogens (tertiary/aromatic N) is 3. The number of methoxy groups -OCH3 is 1. The van der Waals surface area contributed by atoms with Crippen LogP contribution in [-0.2, 0) is 13.1 Å². The summed E-state index contributed by atoms with van der Waals surface area (Å²) in [5.74, 6) is 1.89. The van der Waals surface area contributed by atoms with Gasteiger partial charge >= 0.3 is 0 Å². The number of nitrogens with two attached hydrogens (primary N) is 2. The summed E-state index contributed by atoms with van der Waals surface area (Å²) in [4.78, 5) is 13.6. The maximum atomic E-state index is 5.65. The standard InChI is InChI=1S/C15H20N6O/c1-22-12-6-2-10(3-7-12)8-21(11-4-5-11)9-13-18-14(16)20-15(17)19-13/h2-3,6-7,11H,4-5,8-9H2,1H3,(H4,16,17,18,19,20)/p+1. The van der Waals surface area contributed by atoms with E-state index in [1.165, 1.54) is 23.3 Å². The van der Waals surface area contributed by atoms with Gasteiger partial charge in [0.1, 0.15) is 18.8 Å². The molecule has 0 spiro atoms. The normalized spacial score (nSPS) is 15.5. The van der Waals surface area contributed by atoms with E-state index in [0.29, 0.717) is 18.4 Å². The van der Waals surface area contributed by atoms with Crippen molar-refractivity contribution in [1.29, 1.82) is 0 Å². The molecule has 0 bridgehead atoms. The van der Waals surface area contributed by atoms with Crippen molar-refractivity contribution in [1.82, 2.24) is 15.0 Å². The minimum Gasteiger partial charge on any atom is -0.497 e. The molecule has 3 rings (SSSR count). The molecule has 7 heteroatoms. The number of anilines is 2. The van der Waals surface area contributed by atoms with E-state index in [4.69, 9.17) is 16.2 Å². The predicted molar refractivity (Wildman–Crippen MR) is 83.0 cm³/mol. The van der Waals surface area contributed by atoms with E-state index in [0.717, 1.165) is 12.3 Å². The number of nitrogens with one attached hydrogen (secondary N) is 1. The topological polar surface area (TPSA) is 104 Å². The zero-order valence-electron chi connectivity index (χ0n) is 12.6. The third-order valence-electron chi connectivity index (χ3n) is 3.85. The van der Waals surface area contributed by atoms with E-state index in [9.17, 15) is 0 Å². The Bertz CT molecular complexity index is 621. The largest absolute Gasteiger partial charge is 0.497 e. The van der Waals surface area contributed by atoms with Gasteiger partial charge in [-0.05, 0) is 24.3 Å². The van der Waals surface area contributed by atoms with Gasteiger partial charge in [-0.25, -0.2) is 0 Å². The van der Waals surface area contributed by atoms with Crippen LogP contribution in [0.5, 0.6) is 5.75 Å². The van der Waals surface area contributed by atoms with Gasteiger partial charge in [-0.3, -0.25) is 0 Å². The van der Waals surface area contributed by atoms with Crippen molar-refractivity contribution in [3.05, 3.63) is 35.7 Å². The van der Waals surface area contributed by atoms with Crippen LogP contribution in [0.1, 0.15) is 24.2 Å². The zero-order valence-corrected chi connectivity index (χ0v) is 12.6. The SMILES string of the molecule is COc1ccc(C[NH+](Cc2nc(N)nc(N)n2)C2CC2)cc1. The minimum absolute atomic E-state index is 0.182. The molecule has 5 N–H and O–H groups in total. The van der Waals surface area contributed by atoms with Gasteiger partial charge in [-0.2, -0.15) is 15.0 Å². The summed E-state index contributed by atoms with van der Waals surface area (Å²) >= 11 is 0. The van der Waals surface area contributed by atoms with E-state index in [1.54, 1.807) is 7.11 Å². The maximum Gasteiger partial charge on any atom is 0.225 e. The lowest BCUT2D eigenvalue weighted by Gasteiger charge is -2.18. The fourth-order valence-corrected chi connectivity index (χ4v) is 2.59. The monoisotopic (exact) mass is 301 g/mol. The van der Waals surface area contributed by atoms with Crippen molar-refractivity contribution in [2.45, 2.75) is 32.0 Å². The Kier molecular flexibility index (Phi) is 4.06. The van der Waals surface area contributed by atoms with Gasteiger partial charge in [0.25, 0.3) is 0 Å². The Morgan fingerprint density at radius 3 is 2.23 bits per heavy atom. The lowest BCUT2D eigenvalue weighted by Crippen LogP contribution is -3.10. The highest BCUT2D eigenvalue weighted by Crippen LogP contribution is 2.17. The van der Waals surface area contributed by atoms with Crippen LogP contribution in [0.2, 0.25) is 0 Å². The first kappa shape index (κ1) is 14.5. The van der Waals surface area contributed by atoms with Gasteiger partial charge in [-0.1, -0.05) is 0 Å². The smallest absolute Gasteiger partial charge is 0.225 e. The quantitative estimate of drug-likeness (QED) is 0.682. The molecular formula is C15H21N6O+. The molecule has 1 aromatic heterocycles. The first-order valence-corrected chi connectivity index (χ1v) is 7.37. The van der Waals surface area contributed by atoms with Crippen molar-refractivity contribution in [3.63, 3.8) is 0 Å². The second-order valence-corrected chi connectivity index (χ2v) is 5.60. The molecule has 0 saturated heterocycles. The molecule has 1 atom stereocenters. The van der Waals surface area contributed by atoms with E-state index in [1.807, 2.05) is 12.1 Å². The Morgan fingerprint density at radius 2 is 1.68 bits per heavy atom. The molecule has 1 unspecified atom stereocenters. The Hall–Kier alpha value is -2.41. The van der Waals surface area contributed by atoms with Crippen molar-refractivity contribution in [2.75, 3.05) is 18.6 Å². The molecule has 1 saturated carbocycles. The summed E-state index contributed by atoms with van der Waals surface area (Å²) in [7, 11) is 1.67. The van der Waals surface area contributed by atoms with Crippen molar-refractivity contribution >= 4 is 11.9 Å². The number of rotatable bonds is 6. The summed E-state index contributed by atoms with van der Waals surface area (Å²) in [6.07, 6.45) is 2.48. The van der Waals surface area contributed by atoms with Gasteiger partial charge in [0.2, 0.25) is 11.9 Å². The number of hydrogen-bond donors (Lipinski definition) is 3. The van der Waals surface area contributed by atoms with Crippen LogP contribution >= 0.6 is 0 Å². The van der Waals surface area contributed by atoms with Crippen LogP contribution in [0.3, 0.4) is 0 Å². The summed E-state index contributed by atoms with van der Waals surface area (Å²) in [6.45, 7) is 1.62. The Morgan fingerprint density at radius 1 is 1.05 bits per heavy atom. The fourth-order valence-electron chi connectivity index (χ4n) is 2.59. The Balaban J connectivity index is 1.72. The number of nitrogen functional groups attached to an aromatic ring is 2. The first-order chi connectivity index (χ1) is 10.6. The second kappa shape index (κ2) is 6.15. The highest BCUT2D eigenvalue weighted by atomic mass is 16.5. The number of quaternary nitrogens is 1. The second-order valence-electron chi connectivity index (χ2n) is 5.60. The molecule has 1 aliphatic rings. The van der Waals surface area contributed by atoms with Crippen molar-refractivity contribution in [3.8, 4) is 5.75 Å². The average Bonchev–Trinajstić information content (AvgIpc) is 3.31. The van der Waals surface area contributed by atoms with Gasteiger partial charge in [-0.15, -0.1) is 0 Å². The van der Waals surface area contributed by atoms with Crippen LogP contribution in [-0.4, -0.2) is 28.1 Å². The van der Waals surface area contributed by atoms with E-state index in [-0.39, 0.29) is 11.9 Å². The summed E-state index contributed by atoms with van der Waals surface area (Å²) < 4.78 is 5.19. The average molecular weight is 301 g/mol. The predicted octanol–water partition coefficient (Wildman–Crippen LogP) is -0.208. The number of ether oxygens (including phenoxy) is 1. The molecule has 1 aliphatic carbocycles. The lowest BCUT2D eigenvalue weighted by molar-refractivity contribution is -0.939. The van der Waals surface area contributed by atoms with Crippen molar-refractivity contribution < 1.29 is 9.64 Å². The maximum absolute atomic E-state index is 5.65. The molecule has 1 aromatic carbocycles. The summed E-state index contributed by atoms with van der Waals surface area (Å²) in [5, 5.41) is 0. The number of hydrogen-bond acceptors (Lipinski definition) is 6. The zero-order chi connectivity index (χ0) is 15.5. The van der Waals surface area contributed by atoms with Crippen LogP contribution in [0.15, 0.2) is 24.3 Å². The summed E-state index contributed by atoms with van der Waals surface area (Å²) in [5.41, 5.74) is 12.6. The third-order valence-corrected chi connectivity index (χ3v) is 3.85. The molecule has 7 nitrogen and oxygen atoms in total. The molecule has 1 heterocycles. The molecule has 0 amide bonds. The van der Waals surface area contributed by atoms with E-state index < -0.39 is 0 Å². The third kappa shape index (κ3) is 3.62. The molecule has 116 valence electrons. The minimum atomic E-state index is 0.182. The Labute approximate surface area is 129 Å². The number of aromatic nitrogens is 3. The van der Waals surface area contributed by atoms with Crippen LogP contribution in [0.25, 0.3) is 0 Å². The van der Waals surface area contributed by atoms with Crippen LogP contribution in [0, 0.1) is 0 Å². The van der Waals surface area contributed by atoms with Gasteiger partial charge in [0.05, 0.1) is 13.2 Å². The highest BCUT2D eigenvalue weighted by molar-refractivity contribution is 5.27. The van der Waals surface area contributed by atoms with Gasteiger partial charge in [0.15, 0.2) is 5.82 Å². The lowest BCUT2D eigenvalue weighted by atomic mass is 10.2. The molecule has 1 fully saturated rings. The first-order valence-electron chi connectivity index (χ1n) is 7.37. The van der Waals surface area contributed by atoms with Gasteiger partial charge in [0, 0.05) is 18.4 Å². The highest BCUT2D eigenvalue weighted by Gasteiger charge is 2.34. The van der Waals surface area contributed by atoms with E-state index in [2.05, 4.69) is 27.1 Å². The fraction of sp³-hybridized carbons (Fsp3) is 0.400. The van der Waals surface area contributed by atoms with Gasteiger partial charge < -0.3 is 21.1 Å². The molecule has 22 heavy (non-hydrogen) atoms. The van der Waals surface area contributed by atoms with Crippen molar-refractivity contribution in [2.24, 2.45) is 0 Å². The summed E-state index contributed by atoms with van der Waals surface area (Å²) in [6, 6.07) is 8.81. The van der Waals surface area contributed by atoms with Crippen LogP contribution in [0.4, 0.5) is 11.9 Å².